The minimum absolute atomic E-state index is 0.224. The number of nitrogens with one attached hydrogen (secondary N) is 2. The van der Waals surface area contributed by atoms with E-state index in [1.54, 1.807) is 0 Å². The molecule has 0 atom stereocenters. The minimum Gasteiger partial charge on any atom is -0.276 e. The summed E-state index contributed by atoms with van der Waals surface area (Å²) in [4.78, 5) is 0. The molecule has 0 radical (unpaired) electrons. The van der Waals surface area contributed by atoms with Gasteiger partial charge in [-0.25, -0.2) is 0 Å². The predicted octanol–water partition coefficient (Wildman–Crippen LogP) is 2.76. The van der Waals surface area contributed by atoms with Crippen LogP contribution in [0.5, 0.6) is 0 Å². The van der Waals surface area contributed by atoms with E-state index in [0.29, 0.717) is 5.69 Å². The quantitative estimate of drug-likeness (QED) is 0.334. The number of benzene rings is 2. The van der Waals surface area contributed by atoms with Crippen molar-refractivity contribution in [3.63, 3.8) is 0 Å². The summed E-state index contributed by atoms with van der Waals surface area (Å²) in [5.41, 5.74) is 4.41. The van der Waals surface area contributed by atoms with Crippen molar-refractivity contribution in [2.45, 2.75) is 0 Å². The van der Waals surface area contributed by atoms with Crippen LogP contribution < -0.4 is 5.43 Å². The Hall–Kier alpha value is -3.42. The molecular formula is C14H12N8. The first-order valence-corrected chi connectivity index (χ1v) is 6.51. The van der Waals surface area contributed by atoms with Crippen molar-refractivity contribution >= 4 is 17.2 Å². The lowest BCUT2D eigenvalue weighted by molar-refractivity contribution is 0.881. The van der Waals surface area contributed by atoms with E-state index in [-0.39, 0.29) is 11.7 Å². The standard InChI is InChI=1S/C14H12N8/c1-3-7-11(8-4-1)15-17-13(14-19-21-22-20-14)18-16-12-9-5-2-6-10-12/h1-10,15H,(H,19,20,21,22)/b17-13-,18-16?. The highest BCUT2D eigenvalue weighted by Crippen LogP contribution is 2.11. The summed E-state index contributed by atoms with van der Waals surface area (Å²) in [6.45, 7) is 0. The van der Waals surface area contributed by atoms with Gasteiger partial charge < -0.3 is 0 Å². The van der Waals surface area contributed by atoms with Crippen molar-refractivity contribution in [1.82, 2.24) is 20.6 Å². The molecular weight excluding hydrogens is 280 g/mol. The Kier molecular flexibility index (Phi) is 4.22. The van der Waals surface area contributed by atoms with Crippen molar-refractivity contribution in [2.75, 3.05) is 5.43 Å². The molecule has 0 unspecified atom stereocenters. The molecule has 0 fully saturated rings. The molecule has 0 amide bonds. The molecule has 0 saturated heterocycles. The Morgan fingerprint density at radius 1 is 0.955 bits per heavy atom. The second kappa shape index (κ2) is 6.84. The monoisotopic (exact) mass is 292 g/mol. The van der Waals surface area contributed by atoms with Crippen molar-refractivity contribution in [3.05, 3.63) is 66.5 Å². The molecule has 22 heavy (non-hydrogen) atoms. The molecule has 8 heteroatoms. The summed E-state index contributed by atoms with van der Waals surface area (Å²) >= 11 is 0. The maximum Gasteiger partial charge on any atom is 0.245 e. The molecule has 0 aliphatic rings. The lowest BCUT2D eigenvalue weighted by Gasteiger charge is -1.99. The summed E-state index contributed by atoms with van der Waals surface area (Å²) in [5.74, 6) is 0.476. The van der Waals surface area contributed by atoms with E-state index < -0.39 is 0 Å². The van der Waals surface area contributed by atoms with Crippen LogP contribution in [0.4, 0.5) is 11.4 Å². The number of para-hydroxylation sites is 1. The molecule has 2 aromatic carbocycles. The zero-order valence-corrected chi connectivity index (χ0v) is 11.5. The second-order valence-electron chi connectivity index (χ2n) is 4.18. The number of hydrazone groups is 1. The third-order valence-corrected chi connectivity index (χ3v) is 2.63. The Labute approximate surface area is 126 Å². The second-order valence-corrected chi connectivity index (χ2v) is 4.18. The first-order chi connectivity index (χ1) is 10.9. The first kappa shape index (κ1) is 13.6. The van der Waals surface area contributed by atoms with E-state index in [2.05, 4.69) is 41.4 Å². The van der Waals surface area contributed by atoms with Crippen LogP contribution in [0.2, 0.25) is 0 Å². The molecule has 0 aliphatic heterocycles. The molecule has 108 valence electrons. The highest BCUT2D eigenvalue weighted by atomic mass is 15.5. The average molecular weight is 292 g/mol. The SMILES string of the molecule is c1ccc(N=N/C(=N\Nc2ccccc2)c2nn[nH]n2)cc1. The topological polar surface area (TPSA) is 104 Å². The van der Waals surface area contributed by atoms with Gasteiger partial charge in [-0.2, -0.15) is 5.21 Å². The average Bonchev–Trinajstić information content (AvgIpc) is 3.11. The van der Waals surface area contributed by atoms with E-state index >= 15 is 0 Å². The lowest BCUT2D eigenvalue weighted by Crippen LogP contribution is -2.03. The first-order valence-electron chi connectivity index (χ1n) is 6.51. The van der Waals surface area contributed by atoms with Crippen LogP contribution >= 0.6 is 0 Å². The fourth-order valence-electron chi connectivity index (χ4n) is 1.60. The molecule has 2 N–H and O–H groups in total. The zero-order valence-electron chi connectivity index (χ0n) is 11.5. The number of aromatic amines is 1. The summed E-state index contributed by atoms with van der Waals surface area (Å²) in [6, 6.07) is 18.8. The number of aromatic nitrogens is 4. The maximum absolute atomic E-state index is 4.17. The number of H-pyrrole nitrogens is 1. The van der Waals surface area contributed by atoms with E-state index in [4.69, 9.17) is 0 Å². The van der Waals surface area contributed by atoms with Gasteiger partial charge in [0.05, 0.1) is 11.4 Å². The number of hydrogen-bond donors (Lipinski definition) is 2. The third kappa shape index (κ3) is 3.57. The van der Waals surface area contributed by atoms with E-state index in [0.717, 1.165) is 5.69 Å². The number of anilines is 1. The van der Waals surface area contributed by atoms with E-state index in [1.165, 1.54) is 0 Å². The summed E-state index contributed by atoms with van der Waals surface area (Å²) in [5, 5.41) is 26.0. The highest BCUT2D eigenvalue weighted by molar-refractivity contribution is 5.96. The number of amidine groups is 1. The van der Waals surface area contributed by atoms with Crippen LogP contribution in [0.3, 0.4) is 0 Å². The third-order valence-electron chi connectivity index (χ3n) is 2.63. The Bertz CT molecular complexity index is 750. The van der Waals surface area contributed by atoms with Gasteiger partial charge in [-0.1, -0.05) is 36.4 Å². The normalized spacial score (nSPS) is 11.7. The fraction of sp³-hybridized carbons (Fsp3) is 0. The van der Waals surface area contributed by atoms with Crippen molar-refractivity contribution < 1.29 is 0 Å². The maximum atomic E-state index is 4.17. The van der Waals surface area contributed by atoms with Crippen molar-refractivity contribution in [2.24, 2.45) is 15.3 Å². The van der Waals surface area contributed by atoms with Crippen molar-refractivity contribution in [3.8, 4) is 0 Å². The number of hydrogen-bond acceptors (Lipinski definition) is 6. The molecule has 3 aromatic rings. The largest absolute Gasteiger partial charge is 0.276 e. The van der Waals surface area contributed by atoms with Gasteiger partial charge in [-0.3, -0.25) is 5.43 Å². The molecule has 0 bridgehead atoms. The smallest absolute Gasteiger partial charge is 0.245 e. The van der Waals surface area contributed by atoms with E-state index in [1.807, 2.05) is 60.7 Å². The Morgan fingerprint density at radius 2 is 1.68 bits per heavy atom. The van der Waals surface area contributed by atoms with Crippen LogP contribution in [-0.4, -0.2) is 26.5 Å². The summed E-state index contributed by atoms with van der Waals surface area (Å²) < 4.78 is 0. The zero-order chi connectivity index (χ0) is 15.0. The Balaban J connectivity index is 1.83. The van der Waals surface area contributed by atoms with E-state index in [9.17, 15) is 0 Å². The number of tetrazole rings is 1. The van der Waals surface area contributed by atoms with Gasteiger partial charge in [-0.15, -0.1) is 25.5 Å². The van der Waals surface area contributed by atoms with Gasteiger partial charge in [0, 0.05) is 0 Å². The molecule has 0 saturated carbocycles. The molecule has 3 rings (SSSR count). The van der Waals surface area contributed by atoms with Crippen molar-refractivity contribution in [1.29, 1.82) is 0 Å². The number of nitrogens with zero attached hydrogens (tertiary/aromatic N) is 6. The summed E-state index contributed by atoms with van der Waals surface area (Å²) in [6.07, 6.45) is 0. The minimum atomic E-state index is 0.224. The molecule has 1 heterocycles. The van der Waals surface area contributed by atoms with Crippen LogP contribution in [-0.2, 0) is 0 Å². The Morgan fingerprint density at radius 3 is 2.36 bits per heavy atom. The van der Waals surface area contributed by atoms with Crippen LogP contribution in [0.25, 0.3) is 0 Å². The fourth-order valence-corrected chi connectivity index (χ4v) is 1.60. The summed E-state index contributed by atoms with van der Waals surface area (Å²) in [7, 11) is 0. The predicted molar refractivity (Wildman–Crippen MR) is 81.7 cm³/mol. The number of rotatable bonds is 4. The van der Waals surface area contributed by atoms with Crippen LogP contribution in [0, 0.1) is 0 Å². The van der Waals surface area contributed by atoms with Gasteiger partial charge in [0.15, 0.2) is 0 Å². The lowest BCUT2D eigenvalue weighted by atomic mass is 10.3. The molecule has 0 aliphatic carbocycles. The molecule has 1 aromatic heterocycles. The molecule has 8 nitrogen and oxygen atoms in total. The number of azo groups is 1. The van der Waals surface area contributed by atoms with Gasteiger partial charge in [0.25, 0.3) is 0 Å². The van der Waals surface area contributed by atoms with Gasteiger partial charge in [0.2, 0.25) is 11.7 Å². The van der Waals surface area contributed by atoms with Crippen LogP contribution in [0.1, 0.15) is 5.82 Å². The molecule has 0 spiro atoms. The van der Waals surface area contributed by atoms with Gasteiger partial charge >= 0.3 is 0 Å². The van der Waals surface area contributed by atoms with Gasteiger partial charge in [-0.05, 0) is 29.5 Å². The highest BCUT2D eigenvalue weighted by Gasteiger charge is 2.08. The van der Waals surface area contributed by atoms with Crippen LogP contribution in [0.15, 0.2) is 76.0 Å². The van der Waals surface area contributed by atoms with Gasteiger partial charge in [0.1, 0.15) is 0 Å².